The average molecular weight is 1710 g/mol. The lowest BCUT2D eigenvalue weighted by Crippen LogP contribution is -2.42. The summed E-state index contributed by atoms with van der Waals surface area (Å²) in [6.07, 6.45) is -9.13. The average Bonchev–Trinajstić information content (AvgIpc) is 1.65. The zero-order valence-electron chi connectivity index (χ0n) is 63.5. The van der Waals surface area contributed by atoms with Gasteiger partial charge in [-0.15, -0.1) is 12.4 Å². The monoisotopic (exact) mass is 1700 g/mol. The van der Waals surface area contributed by atoms with Crippen LogP contribution in [0, 0.1) is 45.3 Å². The van der Waals surface area contributed by atoms with E-state index >= 15 is 8.78 Å². The number of hydrogen-bond donors (Lipinski definition) is 8. The largest absolute Gasteiger partial charge is 0.423 e. The Labute approximate surface area is 648 Å². The zero-order valence-corrected chi connectivity index (χ0v) is 71.0. The molecule has 6 saturated heterocycles. The van der Waals surface area contributed by atoms with E-state index in [1.807, 2.05) is 50.6 Å². The van der Waals surface area contributed by atoms with Crippen LogP contribution in [0.4, 0.5) is 26.3 Å². The first-order chi connectivity index (χ1) is 49.6. The smallest absolute Gasteiger partial charge is 0.387 e. The molecule has 6 fully saturated rings. The van der Waals surface area contributed by atoms with Gasteiger partial charge >= 0.3 is 8.00 Å². The number of aliphatic hydroxyl groups excluding tert-OH is 2. The van der Waals surface area contributed by atoms with Crippen molar-refractivity contribution in [1.29, 1.82) is 21.0 Å². The Bertz CT molecular complexity index is 2730. The first-order valence-electron chi connectivity index (χ1n) is 34.6. The van der Waals surface area contributed by atoms with Gasteiger partial charge in [-0.25, -0.2) is 31.0 Å². The van der Waals surface area contributed by atoms with Gasteiger partial charge in [-0.3, -0.25) is 10.2 Å². The van der Waals surface area contributed by atoms with Crippen LogP contribution >= 0.6 is 85.8 Å². The number of hydrogen-bond acceptors (Lipinski definition) is 27. The molecule has 0 aromatic carbocycles. The minimum atomic E-state index is -3.23. The maximum absolute atomic E-state index is 15.5. The molecule has 0 bridgehead atoms. The molecule has 6 aliphatic heterocycles. The van der Waals surface area contributed by atoms with Gasteiger partial charge in [0.2, 0.25) is 0 Å². The van der Waals surface area contributed by atoms with Crippen LogP contribution in [0.5, 0.6) is 0 Å². The lowest BCUT2D eigenvalue weighted by atomic mass is 10.1. The van der Waals surface area contributed by atoms with Gasteiger partial charge in [-0.1, -0.05) is 46.4 Å². The summed E-state index contributed by atoms with van der Waals surface area (Å²) in [6, 6.07) is 8.04. The molecule has 0 aliphatic carbocycles. The highest BCUT2D eigenvalue weighted by atomic mass is 35.6. The SMILES string of the molecule is C=P(NC[C@H]1O[C@@H](C)C(F)[C@H]1O)(OCCC#N)O[C@@H]1C(F)[C@H](C)O[C@@H]1CNC.C=P(NC[C@H]1O[C@@H](C)C(F)[C@H]1OP(OCCC#N)N(C(C)C)C(C)C)(OCCC#N)O[C@@H]1C(F)[C@H](C)O[C@@H]1CNC.C=[P+](OCCC#N)O[C@@H]1C(F)[C@H](C)O[C@@H]1CNC.CP(C)C.C[C@@H]1O[C@H](CN)[C@H](O)C1F.ClC(Cl)(Cl)Cl. The van der Waals surface area contributed by atoms with E-state index in [4.69, 9.17) is 143 Å². The van der Waals surface area contributed by atoms with Crippen LogP contribution in [0.3, 0.4) is 0 Å². The number of aliphatic hydroxyl groups is 2. The number of halogens is 10. The summed E-state index contributed by atoms with van der Waals surface area (Å²) >= 11 is 19.3. The second-order valence-corrected chi connectivity index (χ2v) is 39.0. The summed E-state index contributed by atoms with van der Waals surface area (Å²) in [6.45, 7) is 26.3. The van der Waals surface area contributed by atoms with E-state index < -0.39 is 176 Å². The molecule has 0 radical (unpaired) electrons. The van der Waals surface area contributed by atoms with Crippen LogP contribution in [0.2, 0.25) is 0 Å². The van der Waals surface area contributed by atoms with Gasteiger partial charge < -0.3 is 87.5 Å². The third kappa shape index (κ3) is 37.3. The van der Waals surface area contributed by atoms with Crippen molar-refractivity contribution in [2.75, 3.05) is 107 Å². The topological polar surface area (TPSA) is 354 Å². The van der Waals surface area contributed by atoms with E-state index in [0.29, 0.717) is 27.6 Å². The van der Waals surface area contributed by atoms with Gasteiger partial charge in [0.15, 0.2) is 58.1 Å². The number of rotatable bonds is 36. The Morgan fingerprint density at radius 1 is 0.528 bits per heavy atom. The van der Waals surface area contributed by atoms with E-state index in [0.717, 1.165) is 0 Å². The van der Waals surface area contributed by atoms with Crippen LogP contribution in [0.15, 0.2) is 0 Å². The fourth-order valence-electron chi connectivity index (χ4n) is 10.9. The Hall–Kier alpha value is -0.590. The van der Waals surface area contributed by atoms with Crippen molar-refractivity contribution < 1.29 is 101 Å². The molecule has 618 valence electrons. The quantitative estimate of drug-likeness (QED) is 0.0125. The molecule has 28 atom stereocenters. The van der Waals surface area contributed by atoms with Crippen LogP contribution in [-0.2, 0) is 64.6 Å². The maximum atomic E-state index is 15.5. The van der Waals surface area contributed by atoms with Crippen LogP contribution in [0.1, 0.15) is 94.9 Å². The predicted octanol–water partition coefficient (Wildman–Crippen LogP) is 9.87. The van der Waals surface area contributed by atoms with Crippen molar-refractivity contribution in [3.05, 3.63) is 0 Å². The normalized spacial score (nSPS) is 34.1. The molecular weight excluding hydrogens is 1590 g/mol. The second-order valence-electron chi connectivity index (χ2n) is 26.1. The number of alkyl halides is 10. The minimum absolute atomic E-state index is 0.00648. The Morgan fingerprint density at radius 3 is 1.16 bits per heavy atom. The number of likely N-dealkylation sites (N-methyl/N-ethyl adjacent to an activating group) is 3. The van der Waals surface area contributed by atoms with Gasteiger partial charge in [-0.05, 0) is 123 Å². The number of ether oxygens (including phenoxy) is 6. The fraction of sp³-hybridized carbons (Fsp3) is 0.891. The highest BCUT2D eigenvalue weighted by molar-refractivity contribution is 7.62. The van der Waals surface area contributed by atoms with Crippen molar-refractivity contribution in [1.82, 2.24) is 30.8 Å². The van der Waals surface area contributed by atoms with E-state index in [9.17, 15) is 22.7 Å². The molecule has 6 rings (SSSR count). The summed E-state index contributed by atoms with van der Waals surface area (Å²) in [7, 11) is -3.89. The Kier molecular flexibility index (Phi) is 52.2. The van der Waals surface area contributed by atoms with E-state index in [1.54, 1.807) is 55.8 Å². The zero-order chi connectivity index (χ0) is 81.0. The van der Waals surface area contributed by atoms with E-state index in [1.165, 1.54) is 6.92 Å². The highest BCUT2D eigenvalue weighted by Crippen LogP contribution is 2.52. The summed E-state index contributed by atoms with van der Waals surface area (Å²) < 4.78 is 166. The maximum Gasteiger partial charge on any atom is 0.423 e. The first kappa shape index (κ1) is 103. The van der Waals surface area contributed by atoms with E-state index in [-0.39, 0.29) is 89.9 Å². The molecule has 0 spiro atoms. The molecular formula is C64H117Cl4F6N11O16P5+. The third-order valence-electron chi connectivity index (χ3n) is 15.9. The van der Waals surface area contributed by atoms with Crippen LogP contribution in [-0.4, -0.2) is 303 Å². The molecule has 0 amide bonds. The standard InChI is InChI=1S/C26H47F2N5O6P2.C17H30F2N3O5P.C11H19FN2O3P.C6H12FNO2.C3H9P.CCl4/c1-17(2)33(18(3)4)40(34-13-9-11-29)38-25-22(37-19(5)23(25)27)16-32-41(8,35-14-10-12-30)39-26-21(15-31-7)36-20(6)24(26)28;1-10-14(18)16(23)12(25-10)9-22-28(4,24-7-5-6-20)27-17-13(8-21-3)26-11(2)15(17)19;1-8-10(12)11(9(16-8)7-14-2)17-18(3)15-6-4-5-13;1-3-5(7)6(9)4(2-8)10-3;1-4(2)3;2-1(3,4)5/h17-26,31-32H,8-10,13-16H2,1-7H3;10-17,21-23H,4-5,7-9H2,1-3H3;8-11,14H,3-4,6-7H2,1-2H3;3-6,9H,2,8H2,1H3;1-3H3;/q;;+1;;;/t19-,20-,21+,22+,23?,24?,25-,26-,40?,41?;10-,11-,12+,13+,14?,15?,16-,17-,28?;8-,9+,10?,11-;3-,4+,5?,6-;;/m0000../s1. The molecule has 6 heterocycles. The van der Waals surface area contributed by atoms with Gasteiger partial charge in [0.1, 0.15) is 55.6 Å². The predicted molar refractivity (Wildman–Crippen MR) is 410 cm³/mol. The van der Waals surface area contributed by atoms with Crippen molar-refractivity contribution >= 4 is 105 Å². The molecule has 42 heteroatoms. The molecule has 10 unspecified atom stereocenters. The Morgan fingerprint density at radius 2 is 0.830 bits per heavy atom. The molecule has 0 aromatic heterocycles. The highest BCUT2D eigenvalue weighted by Gasteiger charge is 2.52. The fourth-order valence-corrected chi connectivity index (χ4v) is 16.9. The van der Waals surface area contributed by atoms with Gasteiger partial charge in [0.25, 0.3) is 11.8 Å². The summed E-state index contributed by atoms with van der Waals surface area (Å²) in [5.74, 6) is 0. The molecule has 27 nitrogen and oxygen atoms in total. The van der Waals surface area contributed by atoms with Gasteiger partial charge in [0, 0.05) is 51.4 Å². The molecule has 6 aliphatic rings. The number of nitriles is 4. The van der Waals surface area contributed by atoms with E-state index in [2.05, 4.69) is 71.1 Å². The van der Waals surface area contributed by atoms with Gasteiger partial charge in [-0.2, -0.15) is 25.6 Å². The Balaban J connectivity index is 0.000000740. The number of nitrogens with zero attached hydrogens (tertiary/aromatic N) is 5. The number of nitrogens with one attached hydrogen (secondary N) is 5. The molecule has 106 heavy (non-hydrogen) atoms. The molecule has 9 N–H and O–H groups in total. The summed E-state index contributed by atoms with van der Waals surface area (Å²) in [4.78, 5) is 0. The first-order valence-corrected chi connectivity index (χ1v) is 44.9. The summed E-state index contributed by atoms with van der Waals surface area (Å²) in [5.41, 5.74) is 5.20. The van der Waals surface area contributed by atoms with Crippen LogP contribution in [0.25, 0.3) is 0 Å². The van der Waals surface area contributed by atoms with Crippen molar-refractivity contribution in [3.63, 3.8) is 0 Å². The van der Waals surface area contributed by atoms with Crippen molar-refractivity contribution in [2.45, 2.75) is 257 Å². The lowest BCUT2D eigenvalue weighted by Gasteiger charge is -2.38. The minimum Gasteiger partial charge on any atom is -0.387 e. The lowest BCUT2D eigenvalue weighted by molar-refractivity contribution is 0.0151. The molecule has 0 aromatic rings. The molecule has 0 saturated carbocycles. The third-order valence-corrected chi connectivity index (χ3v) is 22.6. The second kappa shape index (κ2) is 53.5. The van der Waals surface area contributed by atoms with Crippen molar-refractivity contribution in [3.8, 4) is 24.3 Å². The van der Waals surface area contributed by atoms with Gasteiger partial charge in [0.05, 0.1) is 131 Å². The van der Waals surface area contributed by atoms with Crippen LogP contribution < -0.4 is 31.9 Å². The summed E-state index contributed by atoms with van der Waals surface area (Å²) in [5, 5.41) is 69.1. The number of nitrogens with two attached hydrogens (primary N) is 1. The van der Waals surface area contributed by atoms with Crippen molar-refractivity contribution in [2.24, 2.45) is 5.73 Å².